The highest BCUT2D eigenvalue weighted by Crippen LogP contribution is 2.26. The predicted octanol–water partition coefficient (Wildman–Crippen LogP) is 4.32. The third-order valence-electron chi connectivity index (χ3n) is 3.43. The number of nitrogens with zero attached hydrogens (tertiary/aromatic N) is 1. The van der Waals surface area contributed by atoms with Crippen molar-refractivity contribution in [2.75, 3.05) is 13.1 Å². The second kappa shape index (κ2) is 8.47. The Bertz CT molecular complexity index is 497. The summed E-state index contributed by atoms with van der Waals surface area (Å²) in [5, 5.41) is 0. The Labute approximate surface area is 131 Å². The maximum Gasteiger partial charge on any atom is 0.270 e. The Hall–Kier alpha value is -1.97. The first-order chi connectivity index (χ1) is 10.4. The number of allylic oxidation sites excluding steroid dienone is 1. The maximum atomic E-state index is 12.8. The molecule has 1 fully saturated rings. The van der Waals surface area contributed by atoms with Gasteiger partial charge in [-0.25, -0.2) is 8.78 Å². The highest BCUT2D eigenvalue weighted by Gasteiger charge is 2.23. The van der Waals surface area contributed by atoms with Crippen molar-refractivity contribution in [3.05, 3.63) is 60.7 Å². The van der Waals surface area contributed by atoms with Crippen molar-refractivity contribution in [1.29, 1.82) is 0 Å². The number of hydrogen-bond acceptors (Lipinski definition) is 1. The molecule has 0 radical (unpaired) electrons. The van der Waals surface area contributed by atoms with E-state index in [1.54, 1.807) is 18.2 Å². The number of alkyl halides is 2. The molecule has 0 aromatic heterocycles. The smallest absolute Gasteiger partial charge is 0.270 e. The molecule has 0 aliphatic carbocycles. The van der Waals surface area contributed by atoms with Gasteiger partial charge in [-0.05, 0) is 30.9 Å². The summed E-state index contributed by atoms with van der Waals surface area (Å²) in [6.07, 6.45) is 6.15. The lowest BCUT2D eigenvalue weighted by Crippen LogP contribution is -2.25. The van der Waals surface area contributed by atoms with Crippen LogP contribution in [0.4, 0.5) is 8.78 Å². The van der Waals surface area contributed by atoms with Gasteiger partial charge in [-0.2, -0.15) is 0 Å². The SMILES string of the molecule is C=CC(=O)N1CCCC1.C=CCc1ccc(C(C)(F)F)cc1. The van der Waals surface area contributed by atoms with Crippen molar-refractivity contribution in [3.63, 3.8) is 0 Å². The van der Waals surface area contributed by atoms with Crippen LogP contribution in [-0.2, 0) is 17.1 Å². The molecule has 22 heavy (non-hydrogen) atoms. The third-order valence-corrected chi connectivity index (χ3v) is 3.43. The molecular formula is C18H23F2NO. The average Bonchev–Trinajstić information content (AvgIpc) is 3.01. The van der Waals surface area contributed by atoms with E-state index >= 15 is 0 Å². The van der Waals surface area contributed by atoms with Crippen molar-refractivity contribution in [3.8, 4) is 0 Å². The van der Waals surface area contributed by atoms with Crippen LogP contribution in [0.3, 0.4) is 0 Å². The summed E-state index contributed by atoms with van der Waals surface area (Å²) in [5.41, 5.74) is 1.06. The number of benzene rings is 1. The molecule has 1 aromatic carbocycles. The summed E-state index contributed by atoms with van der Waals surface area (Å²) < 4.78 is 25.5. The van der Waals surface area contributed by atoms with E-state index in [0.717, 1.165) is 44.8 Å². The van der Waals surface area contributed by atoms with E-state index in [-0.39, 0.29) is 11.5 Å². The van der Waals surface area contributed by atoms with Crippen LogP contribution in [0.25, 0.3) is 0 Å². The molecule has 0 N–H and O–H groups in total. The molecule has 0 unspecified atom stereocenters. The van der Waals surface area contributed by atoms with Crippen molar-refractivity contribution < 1.29 is 13.6 Å². The number of likely N-dealkylation sites (tertiary alicyclic amines) is 1. The first kappa shape index (κ1) is 18.1. The van der Waals surface area contributed by atoms with E-state index in [1.165, 1.54) is 18.2 Å². The molecule has 0 spiro atoms. The lowest BCUT2D eigenvalue weighted by molar-refractivity contribution is -0.124. The molecule has 0 saturated carbocycles. The topological polar surface area (TPSA) is 20.3 Å². The van der Waals surface area contributed by atoms with Gasteiger partial charge in [-0.1, -0.05) is 36.9 Å². The van der Waals surface area contributed by atoms with Gasteiger partial charge in [-0.3, -0.25) is 4.79 Å². The van der Waals surface area contributed by atoms with Crippen LogP contribution in [0.5, 0.6) is 0 Å². The predicted molar refractivity (Wildman–Crippen MR) is 85.9 cm³/mol. The fourth-order valence-corrected chi connectivity index (χ4v) is 2.17. The van der Waals surface area contributed by atoms with E-state index < -0.39 is 5.92 Å². The van der Waals surface area contributed by atoms with E-state index in [0.29, 0.717) is 0 Å². The standard InChI is InChI=1S/C11H12F2.C7H11NO/c1-3-4-9-5-7-10(8-6-9)11(2,12)13;1-2-7(9)8-5-3-4-6-8/h3,5-8H,1,4H2,2H3;2H,1,3-6H2. The number of halogens is 2. The minimum Gasteiger partial charge on any atom is -0.339 e. The van der Waals surface area contributed by atoms with Gasteiger partial charge in [0.2, 0.25) is 5.91 Å². The molecule has 1 heterocycles. The minimum absolute atomic E-state index is 0.0558. The second-order valence-electron chi connectivity index (χ2n) is 5.31. The van der Waals surface area contributed by atoms with Crippen LogP contribution in [0.1, 0.15) is 30.9 Å². The highest BCUT2D eigenvalue weighted by atomic mass is 19.3. The monoisotopic (exact) mass is 307 g/mol. The molecule has 120 valence electrons. The van der Waals surface area contributed by atoms with Gasteiger partial charge in [0.1, 0.15) is 0 Å². The quantitative estimate of drug-likeness (QED) is 0.599. The van der Waals surface area contributed by atoms with Crippen molar-refractivity contribution in [1.82, 2.24) is 4.90 Å². The molecule has 2 rings (SSSR count). The van der Waals surface area contributed by atoms with Crippen LogP contribution >= 0.6 is 0 Å². The number of carbonyl (C=O) groups is 1. The maximum absolute atomic E-state index is 12.8. The van der Waals surface area contributed by atoms with Gasteiger partial charge >= 0.3 is 0 Å². The number of amides is 1. The Kier molecular flexibility index (Phi) is 6.96. The molecule has 0 bridgehead atoms. The second-order valence-corrected chi connectivity index (χ2v) is 5.31. The lowest BCUT2D eigenvalue weighted by atomic mass is 10.1. The molecule has 1 saturated heterocycles. The number of hydrogen-bond donors (Lipinski definition) is 0. The molecular weight excluding hydrogens is 284 g/mol. The van der Waals surface area contributed by atoms with Crippen LogP contribution in [-0.4, -0.2) is 23.9 Å². The van der Waals surface area contributed by atoms with Crippen LogP contribution < -0.4 is 0 Å². The Morgan fingerprint density at radius 3 is 2.18 bits per heavy atom. The van der Waals surface area contributed by atoms with Gasteiger partial charge in [0.05, 0.1) is 0 Å². The molecule has 0 atom stereocenters. The zero-order chi connectivity index (χ0) is 16.6. The van der Waals surface area contributed by atoms with E-state index in [1.807, 2.05) is 4.90 Å². The summed E-state index contributed by atoms with van der Waals surface area (Å²) in [6.45, 7) is 9.73. The molecule has 1 aromatic rings. The molecule has 1 amide bonds. The Morgan fingerprint density at radius 2 is 1.77 bits per heavy atom. The summed E-state index contributed by atoms with van der Waals surface area (Å²) >= 11 is 0. The minimum atomic E-state index is -2.74. The first-order valence-corrected chi connectivity index (χ1v) is 7.38. The Morgan fingerprint density at radius 1 is 1.23 bits per heavy atom. The highest BCUT2D eigenvalue weighted by molar-refractivity contribution is 5.87. The zero-order valence-corrected chi connectivity index (χ0v) is 13.0. The van der Waals surface area contributed by atoms with Crippen LogP contribution in [0, 0.1) is 0 Å². The molecule has 1 aliphatic rings. The van der Waals surface area contributed by atoms with E-state index in [9.17, 15) is 13.6 Å². The van der Waals surface area contributed by atoms with Gasteiger partial charge < -0.3 is 4.90 Å². The summed E-state index contributed by atoms with van der Waals surface area (Å²) in [6, 6.07) is 6.32. The molecule has 2 nitrogen and oxygen atoms in total. The van der Waals surface area contributed by atoms with Crippen molar-refractivity contribution in [2.45, 2.75) is 32.1 Å². The van der Waals surface area contributed by atoms with Gasteiger partial charge in [0.25, 0.3) is 5.92 Å². The van der Waals surface area contributed by atoms with Crippen LogP contribution in [0.2, 0.25) is 0 Å². The molecule has 4 heteroatoms. The van der Waals surface area contributed by atoms with Crippen molar-refractivity contribution in [2.24, 2.45) is 0 Å². The van der Waals surface area contributed by atoms with Crippen LogP contribution in [0.15, 0.2) is 49.6 Å². The zero-order valence-electron chi connectivity index (χ0n) is 13.0. The van der Waals surface area contributed by atoms with E-state index in [2.05, 4.69) is 13.2 Å². The lowest BCUT2D eigenvalue weighted by Gasteiger charge is -2.10. The average molecular weight is 307 g/mol. The summed E-state index contributed by atoms with van der Waals surface area (Å²) in [4.78, 5) is 12.6. The fourth-order valence-electron chi connectivity index (χ4n) is 2.17. The van der Waals surface area contributed by atoms with Gasteiger partial charge in [0, 0.05) is 25.6 Å². The summed E-state index contributed by atoms with van der Waals surface area (Å²) in [7, 11) is 0. The molecule has 1 aliphatic heterocycles. The Balaban J connectivity index is 0.000000235. The first-order valence-electron chi connectivity index (χ1n) is 7.38. The van der Waals surface area contributed by atoms with Crippen molar-refractivity contribution >= 4 is 5.91 Å². The van der Waals surface area contributed by atoms with Gasteiger partial charge in [0.15, 0.2) is 0 Å². The number of rotatable bonds is 4. The van der Waals surface area contributed by atoms with Gasteiger partial charge in [-0.15, -0.1) is 6.58 Å². The van der Waals surface area contributed by atoms with E-state index in [4.69, 9.17) is 0 Å². The normalized spacial score (nSPS) is 14.0. The fraction of sp³-hybridized carbons (Fsp3) is 0.389. The third kappa shape index (κ3) is 5.80. The summed E-state index contributed by atoms with van der Waals surface area (Å²) in [5.74, 6) is -2.67. The largest absolute Gasteiger partial charge is 0.339 e. The number of carbonyl (C=O) groups excluding carboxylic acids is 1.